The number of rotatable bonds is 7. The largest absolute Gasteiger partial charge is 0.493 e. The molecule has 2 aromatic rings. The molecule has 1 aliphatic carbocycles. The van der Waals surface area contributed by atoms with Gasteiger partial charge in [-0.3, -0.25) is 10.1 Å². The molecule has 0 aliphatic heterocycles. The average molecular weight is 313 g/mol. The lowest BCUT2D eigenvalue weighted by Gasteiger charge is -2.14. The van der Waals surface area contributed by atoms with Crippen LogP contribution in [0.4, 0.5) is 0 Å². The summed E-state index contributed by atoms with van der Waals surface area (Å²) in [6.45, 7) is 2.15. The van der Waals surface area contributed by atoms with Crippen molar-refractivity contribution < 1.29 is 4.74 Å². The topological polar surface area (TPSA) is 74.3 Å². The Hall–Kier alpha value is -2.50. The first-order valence-electron chi connectivity index (χ1n) is 7.98. The van der Waals surface area contributed by atoms with E-state index in [4.69, 9.17) is 4.74 Å². The average Bonchev–Trinajstić information content (AvgIpc) is 3.27. The van der Waals surface area contributed by atoms with E-state index in [1.54, 1.807) is 13.2 Å². The van der Waals surface area contributed by atoms with E-state index in [9.17, 15) is 0 Å². The maximum atomic E-state index is 5.93. The fraction of sp³-hybridized carbons (Fsp3) is 0.412. The molecule has 1 heterocycles. The highest BCUT2D eigenvalue weighted by Gasteiger charge is 2.22. The van der Waals surface area contributed by atoms with Crippen LogP contribution >= 0.6 is 0 Å². The summed E-state index contributed by atoms with van der Waals surface area (Å²) in [7, 11) is 1.76. The molecule has 0 amide bonds. The highest BCUT2D eigenvalue weighted by atomic mass is 16.5. The first kappa shape index (κ1) is 15.4. The zero-order chi connectivity index (χ0) is 15.9. The van der Waals surface area contributed by atoms with E-state index < -0.39 is 0 Å². The van der Waals surface area contributed by atoms with E-state index in [-0.39, 0.29) is 0 Å². The molecule has 1 fully saturated rings. The predicted octanol–water partition coefficient (Wildman–Crippen LogP) is 2.06. The molecule has 0 atom stereocenters. The molecule has 6 nitrogen and oxygen atoms in total. The second-order valence-electron chi connectivity index (χ2n) is 5.72. The Morgan fingerprint density at radius 3 is 2.83 bits per heavy atom. The van der Waals surface area contributed by atoms with Crippen molar-refractivity contribution in [2.45, 2.75) is 25.9 Å². The number of aliphatic imine (C=N–C) groups is 1. The van der Waals surface area contributed by atoms with Gasteiger partial charge in [0.1, 0.15) is 5.75 Å². The molecule has 3 N–H and O–H groups in total. The van der Waals surface area contributed by atoms with Gasteiger partial charge in [-0.05, 0) is 30.9 Å². The second kappa shape index (κ2) is 7.67. The molecule has 1 aliphatic rings. The number of aromatic nitrogens is 2. The number of aromatic amines is 1. The maximum absolute atomic E-state index is 5.93. The summed E-state index contributed by atoms with van der Waals surface area (Å²) in [6, 6.07) is 10.1. The number of nitrogens with one attached hydrogen (secondary N) is 3. The minimum atomic E-state index is 0.652. The van der Waals surface area contributed by atoms with Gasteiger partial charge in [-0.25, -0.2) is 0 Å². The van der Waals surface area contributed by atoms with Crippen LogP contribution in [0.1, 0.15) is 24.1 Å². The fourth-order valence-corrected chi connectivity index (χ4v) is 2.24. The Bertz CT molecular complexity index is 634. The molecule has 23 heavy (non-hydrogen) atoms. The van der Waals surface area contributed by atoms with Gasteiger partial charge in [0, 0.05) is 25.4 Å². The van der Waals surface area contributed by atoms with Crippen molar-refractivity contribution in [1.82, 2.24) is 20.8 Å². The molecule has 6 heteroatoms. The van der Waals surface area contributed by atoms with Crippen molar-refractivity contribution in [1.29, 1.82) is 0 Å². The highest BCUT2D eigenvalue weighted by Crippen LogP contribution is 2.30. The van der Waals surface area contributed by atoms with Gasteiger partial charge in [0.15, 0.2) is 5.96 Å². The Kier molecular flexibility index (Phi) is 5.13. The van der Waals surface area contributed by atoms with E-state index in [2.05, 4.69) is 31.9 Å². The van der Waals surface area contributed by atoms with Crippen molar-refractivity contribution in [2.24, 2.45) is 10.9 Å². The van der Waals surface area contributed by atoms with Crippen LogP contribution in [-0.4, -0.2) is 29.8 Å². The van der Waals surface area contributed by atoms with Gasteiger partial charge < -0.3 is 15.4 Å². The molecule has 0 spiro atoms. The standard InChI is InChI=1S/C17H23N5O/c1-18-17(20-11-15-8-9-21-22-15)19-10-14-4-2-3-5-16(14)23-12-13-6-7-13/h2-5,8-9,13H,6-7,10-12H2,1H3,(H,21,22)(H2,18,19,20). The van der Waals surface area contributed by atoms with Crippen molar-refractivity contribution in [3.63, 3.8) is 0 Å². The zero-order valence-corrected chi connectivity index (χ0v) is 13.4. The second-order valence-corrected chi connectivity index (χ2v) is 5.72. The summed E-state index contributed by atoms with van der Waals surface area (Å²) in [6.07, 6.45) is 4.33. The van der Waals surface area contributed by atoms with Crippen LogP contribution in [0.15, 0.2) is 41.5 Å². The number of H-pyrrole nitrogens is 1. The van der Waals surface area contributed by atoms with Gasteiger partial charge in [-0.15, -0.1) is 0 Å². The maximum Gasteiger partial charge on any atom is 0.191 e. The number of nitrogens with zero attached hydrogens (tertiary/aromatic N) is 2. The highest BCUT2D eigenvalue weighted by molar-refractivity contribution is 5.79. The number of hydrogen-bond acceptors (Lipinski definition) is 3. The predicted molar refractivity (Wildman–Crippen MR) is 90.3 cm³/mol. The van der Waals surface area contributed by atoms with E-state index in [1.807, 2.05) is 24.3 Å². The molecular weight excluding hydrogens is 290 g/mol. The van der Waals surface area contributed by atoms with Gasteiger partial charge in [0.25, 0.3) is 0 Å². The van der Waals surface area contributed by atoms with Crippen LogP contribution in [0.3, 0.4) is 0 Å². The van der Waals surface area contributed by atoms with Crippen LogP contribution in [0.5, 0.6) is 5.75 Å². The Labute approximate surface area is 136 Å². The molecule has 0 saturated heterocycles. The number of benzene rings is 1. The third kappa shape index (κ3) is 4.74. The minimum Gasteiger partial charge on any atom is -0.493 e. The summed E-state index contributed by atoms with van der Waals surface area (Å²) >= 11 is 0. The molecular formula is C17H23N5O. The number of hydrogen-bond donors (Lipinski definition) is 3. The molecule has 1 aromatic heterocycles. The minimum absolute atomic E-state index is 0.652. The van der Waals surface area contributed by atoms with Crippen LogP contribution < -0.4 is 15.4 Å². The SMILES string of the molecule is CN=C(NCc1ccn[nH]1)NCc1ccccc1OCC1CC1. The van der Waals surface area contributed by atoms with Crippen molar-refractivity contribution in [2.75, 3.05) is 13.7 Å². The lowest BCUT2D eigenvalue weighted by Crippen LogP contribution is -2.36. The van der Waals surface area contributed by atoms with Crippen molar-refractivity contribution in [3.8, 4) is 5.75 Å². The fourth-order valence-electron chi connectivity index (χ4n) is 2.24. The van der Waals surface area contributed by atoms with Gasteiger partial charge >= 0.3 is 0 Å². The van der Waals surface area contributed by atoms with Crippen LogP contribution in [0.25, 0.3) is 0 Å². The van der Waals surface area contributed by atoms with E-state index in [0.29, 0.717) is 13.1 Å². The van der Waals surface area contributed by atoms with Crippen LogP contribution in [-0.2, 0) is 13.1 Å². The van der Waals surface area contributed by atoms with Crippen LogP contribution in [0, 0.1) is 5.92 Å². The zero-order valence-electron chi connectivity index (χ0n) is 13.4. The van der Waals surface area contributed by atoms with E-state index >= 15 is 0 Å². The first-order valence-corrected chi connectivity index (χ1v) is 7.98. The summed E-state index contributed by atoms with van der Waals surface area (Å²) < 4.78 is 5.93. The van der Waals surface area contributed by atoms with Gasteiger partial charge in [0.05, 0.1) is 18.8 Å². The molecule has 122 valence electrons. The molecule has 0 unspecified atom stereocenters. The lowest BCUT2D eigenvalue weighted by molar-refractivity contribution is 0.296. The van der Waals surface area contributed by atoms with Gasteiger partial charge in [-0.2, -0.15) is 5.10 Å². The third-order valence-electron chi connectivity index (χ3n) is 3.82. The Morgan fingerprint density at radius 1 is 1.26 bits per heavy atom. The first-order chi connectivity index (χ1) is 11.3. The lowest BCUT2D eigenvalue weighted by atomic mass is 10.2. The number of ether oxygens (including phenoxy) is 1. The normalized spacial score (nSPS) is 14.6. The third-order valence-corrected chi connectivity index (χ3v) is 3.82. The van der Waals surface area contributed by atoms with Crippen molar-refractivity contribution >= 4 is 5.96 Å². The van der Waals surface area contributed by atoms with Crippen LogP contribution in [0.2, 0.25) is 0 Å². The number of guanidine groups is 1. The van der Waals surface area contributed by atoms with Gasteiger partial charge in [-0.1, -0.05) is 18.2 Å². The quantitative estimate of drug-likeness (QED) is 0.540. The molecule has 0 bridgehead atoms. The number of para-hydroxylation sites is 1. The Morgan fingerprint density at radius 2 is 2.09 bits per heavy atom. The van der Waals surface area contributed by atoms with E-state index in [1.165, 1.54) is 12.8 Å². The molecule has 1 saturated carbocycles. The smallest absolute Gasteiger partial charge is 0.191 e. The van der Waals surface area contributed by atoms with Crippen molar-refractivity contribution in [3.05, 3.63) is 47.8 Å². The molecule has 1 aromatic carbocycles. The Balaban J connectivity index is 1.51. The van der Waals surface area contributed by atoms with E-state index in [0.717, 1.165) is 35.5 Å². The molecule has 3 rings (SSSR count). The molecule has 0 radical (unpaired) electrons. The summed E-state index contributed by atoms with van der Waals surface area (Å²) in [4.78, 5) is 4.24. The monoisotopic (exact) mass is 313 g/mol. The summed E-state index contributed by atoms with van der Waals surface area (Å²) in [5, 5.41) is 13.4. The van der Waals surface area contributed by atoms with Gasteiger partial charge in [0.2, 0.25) is 0 Å². The summed E-state index contributed by atoms with van der Waals surface area (Å²) in [5.74, 6) is 2.45. The summed E-state index contributed by atoms with van der Waals surface area (Å²) in [5.41, 5.74) is 2.15.